The first kappa shape index (κ1) is 14.8. The maximum Gasteiger partial charge on any atom is 0.220 e. The molecular weight excluding hydrogens is 300 g/mol. The zero-order valence-electron chi connectivity index (χ0n) is 13.4. The van der Waals surface area contributed by atoms with E-state index in [0.29, 0.717) is 13.0 Å². The highest BCUT2D eigenvalue weighted by atomic mass is 16.5. The monoisotopic (exact) mass is 320 g/mol. The first-order valence-corrected chi connectivity index (χ1v) is 8.36. The van der Waals surface area contributed by atoms with Crippen LogP contribution in [0, 0.1) is 0 Å². The fourth-order valence-corrected chi connectivity index (χ4v) is 3.27. The third kappa shape index (κ3) is 3.00. The van der Waals surface area contributed by atoms with Crippen LogP contribution in [0.1, 0.15) is 17.5 Å². The molecule has 2 N–H and O–H groups in total. The Morgan fingerprint density at radius 2 is 2.00 bits per heavy atom. The molecule has 1 amide bonds. The molecule has 4 heteroatoms. The summed E-state index contributed by atoms with van der Waals surface area (Å²) in [5.41, 5.74) is 3.52. The number of amides is 1. The summed E-state index contributed by atoms with van der Waals surface area (Å²) in [7, 11) is 0. The van der Waals surface area contributed by atoms with E-state index in [4.69, 9.17) is 4.74 Å². The number of benzene rings is 2. The molecule has 0 aliphatic carbocycles. The molecule has 0 saturated carbocycles. The van der Waals surface area contributed by atoms with Gasteiger partial charge in [0.15, 0.2) is 0 Å². The van der Waals surface area contributed by atoms with E-state index in [-0.39, 0.29) is 12.0 Å². The number of rotatable bonds is 5. The number of aromatic amines is 1. The Kier molecular flexibility index (Phi) is 3.95. The van der Waals surface area contributed by atoms with Crippen LogP contribution in [0.5, 0.6) is 5.75 Å². The molecule has 0 unspecified atom stereocenters. The van der Waals surface area contributed by atoms with Gasteiger partial charge in [0.1, 0.15) is 11.9 Å². The van der Waals surface area contributed by atoms with Gasteiger partial charge in [-0.1, -0.05) is 36.4 Å². The number of hydrogen-bond acceptors (Lipinski definition) is 2. The van der Waals surface area contributed by atoms with E-state index in [2.05, 4.69) is 22.4 Å². The predicted octanol–water partition coefficient (Wildman–Crippen LogP) is 3.22. The van der Waals surface area contributed by atoms with Gasteiger partial charge in [-0.25, -0.2) is 0 Å². The molecule has 1 aliphatic rings. The minimum Gasteiger partial charge on any atom is -0.488 e. The fourth-order valence-electron chi connectivity index (χ4n) is 3.27. The molecule has 2 heterocycles. The molecule has 0 spiro atoms. The van der Waals surface area contributed by atoms with Gasteiger partial charge in [0.05, 0.1) is 6.54 Å². The van der Waals surface area contributed by atoms with Gasteiger partial charge < -0.3 is 15.0 Å². The smallest absolute Gasteiger partial charge is 0.220 e. The van der Waals surface area contributed by atoms with Gasteiger partial charge in [0, 0.05) is 29.9 Å². The van der Waals surface area contributed by atoms with Crippen LogP contribution >= 0.6 is 0 Å². The van der Waals surface area contributed by atoms with Gasteiger partial charge >= 0.3 is 0 Å². The molecule has 1 aromatic heterocycles. The van der Waals surface area contributed by atoms with Crippen molar-refractivity contribution in [3.63, 3.8) is 0 Å². The molecule has 1 aliphatic heterocycles. The van der Waals surface area contributed by atoms with Crippen molar-refractivity contribution < 1.29 is 9.53 Å². The Hall–Kier alpha value is -2.75. The number of aryl methyl sites for hydroxylation is 1. The highest BCUT2D eigenvalue weighted by Crippen LogP contribution is 2.27. The van der Waals surface area contributed by atoms with Crippen LogP contribution in [0.15, 0.2) is 54.7 Å². The summed E-state index contributed by atoms with van der Waals surface area (Å²) in [5.74, 6) is 1.01. The Morgan fingerprint density at radius 1 is 1.17 bits per heavy atom. The number of fused-ring (bicyclic) bond motifs is 2. The van der Waals surface area contributed by atoms with Gasteiger partial charge in [0.2, 0.25) is 5.91 Å². The molecule has 0 fully saturated rings. The number of hydrogen-bond donors (Lipinski definition) is 2. The summed E-state index contributed by atoms with van der Waals surface area (Å²) in [6, 6.07) is 16.2. The summed E-state index contributed by atoms with van der Waals surface area (Å²) < 4.78 is 5.85. The summed E-state index contributed by atoms with van der Waals surface area (Å²) in [5, 5.41) is 4.19. The van der Waals surface area contributed by atoms with Gasteiger partial charge in [-0.2, -0.15) is 0 Å². The highest BCUT2D eigenvalue weighted by Gasteiger charge is 2.22. The normalized spacial score (nSPS) is 15.9. The van der Waals surface area contributed by atoms with E-state index >= 15 is 0 Å². The number of H-pyrrole nitrogens is 1. The summed E-state index contributed by atoms with van der Waals surface area (Å²) in [6.45, 7) is 0.557. The van der Waals surface area contributed by atoms with Gasteiger partial charge in [-0.05, 0) is 29.7 Å². The molecule has 1 atom stereocenters. The summed E-state index contributed by atoms with van der Waals surface area (Å²) >= 11 is 0. The van der Waals surface area contributed by atoms with Crippen molar-refractivity contribution in [2.75, 3.05) is 6.54 Å². The fraction of sp³-hybridized carbons (Fsp3) is 0.250. The Bertz CT molecular complexity index is 844. The van der Waals surface area contributed by atoms with E-state index in [1.165, 1.54) is 16.5 Å². The standard InChI is InChI=1S/C20H20N2O2/c23-20(10-9-15-12-21-18-7-3-2-6-17(15)18)22-13-16-11-14-5-1-4-8-19(14)24-16/h1-8,12,16,21H,9-11,13H2,(H,22,23)/t16-/m1/s1. The maximum absolute atomic E-state index is 12.1. The van der Waals surface area contributed by atoms with Gasteiger partial charge in [-0.3, -0.25) is 4.79 Å². The topological polar surface area (TPSA) is 54.1 Å². The Morgan fingerprint density at radius 3 is 2.92 bits per heavy atom. The Balaban J connectivity index is 1.27. The average Bonchev–Trinajstić information content (AvgIpc) is 3.21. The number of carbonyl (C=O) groups excluding carboxylic acids is 1. The average molecular weight is 320 g/mol. The third-order valence-electron chi connectivity index (χ3n) is 4.54. The van der Waals surface area contributed by atoms with E-state index in [9.17, 15) is 4.79 Å². The lowest BCUT2D eigenvalue weighted by molar-refractivity contribution is -0.121. The van der Waals surface area contributed by atoms with Crippen LogP contribution in [0.4, 0.5) is 0 Å². The van der Waals surface area contributed by atoms with Crippen LogP contribution < -0.4 is 10.1 Å². The number of para-hydroxylation sites is 2. The quantitative estimate of drug-likeness (QED) is 0.758. The number of nitrogens with one attached hydrogen (secondary N) is 2. The van der Waals surface area contributed by atoms with Crippen LogP contribution in [0.25, 0.3) is 10.9 Å². The second-order valence-electron chi connectivity index (χ2n) is 6.22. The first-order valence-electron chi connectivity index (χ1n) is 8.36. The van der Waals surface area contributed by atoms with Crippen molar-refractivity contribution in [1.82, 2.24) is 10.3 Å². The van der Waals surface area contributed by atoms with Crippen LogP contribution in [-0.2, 0) is 17.6 Å². The van der Waals surface area contributed by atoms with Gasteiger partial charge in [0.25, 0.3) is 0 Å². The van der Waals surface area contributed by atoms with Crippen molar-refractivity contribution in [2.45, 2.75) is 25.4 Å². The minimum atomic E-state index is 0.0411. The van der Waals surface area contributed by atoms with Crippen LogP contribution in [0.3, 0.4) is 0 Å². The molecule has 4 nitrogen and oxygen atoms in total. The molecule has 2 aromatic carbocycles. The van der Waals surface area contributed by atoms with Crippen LogP contribution in [0.2, 0.25) is 0 Å². The van der Waals surface area contributed by atoms with Crippen molar-refractivity contribution in [3.8, 4) is 5.75 Å². The number of ether oxygens (including phenoxy) is 1. The molecule has 4 rings (SSSR count). The van der Waals surface area contributed by atoms with E-state index in [0.717, 1.165) is 24.1 Å². The second-order valence-corrected chi connectivity index (χ2v) is 6.22. The lowest BCUT2D eigenvalue weighted by Crippen LogP contribution is -2.34. The largest absolute Gasteiger partial charge is 0.488 e. The van der Waals surface area contributed by atoms with Gasteiger partial charge in [-0.15, -0.1) is 0 Å². The molecule has 0 bridgehead atoms. The van der Waals surface area contributed by atoms with Crippen molar-refractivity contribution in [1.29, 1.82) is 0 Å². The SMILES string of the molecule is O=C(CCc1c[nH]c2ccccc12)NC[C@H]1Cc2ccccc2O1. The second kappa shape index (κ2) is 6.40. The van der Waals surface area contributed by atoms with E-state index in [1.54, 1.807) is 0 Å². The van der Waals surface area contributed by atoms with Crippen LogP contribution in [-0.4, -0.2) is 23.5 Å². The van der Waals surface area contributed by atoms with Crippen molar-refractivity contribution in [3.05, 3.63) is 65.9 Å². The minimum absolute atomic E-state index is 0.0411. The summed E-state index contributed by atoms with van der Waals surface area (Å²) in [6.07, 6.45) is 4.12. The molecule has 122 valence electrons. The zero-order chi connectivity index (χ0) is 16.4. The number of aromatic nitrogens is 1. The number of carbonyl (C=O) groups is 1. The van der Waals surface area contributed by atoms with Crippen molar-refractivity contribution >= 4 is 16.8 Å². The van der Waals surface area contributed by atoms with E-state index < -0.39 is 0 Å². The predicted molar refractivity (Wildman–Crippen MR) is 94.2 cm³/mol. The lowest BCUT2D eigenvalue weighted by Gasteiger charge is -2.11. The summed E-state index contributed by atoms with van der Waals surface area (Å²) in [4.78, 5) is 15.4. The lowest BCUT2D eigenvalue weighted by atomic mass is 10.1. The molecular formula is C20H20N2O2. The third-order valence-corrected chi connectivity index (χ3v) is 4.54. The molecule has 0 saturated heterocycles. The molecule has 3 aromatic rings. The molecule has 0 radical (unpaired) electrons. The van der Waals surface area contributed by atoms with Crippen molar-refractivity contribution in [2.24, 2.45) is 0 Å². The maximum atomic E-state index is 12.1. The Labute approximate surface area is 140 Å². The van der Waals surface area contributed by atoms with E-state index in [1.807, 2.05) is 42.6 Å². The highest BCUT2D eigenvalue weighted by molar-refractivity contribution is 5.84. The zero-order valence-corrected chi connectivity index (χ0v) is 13.4. The first-order chi connectivity index (χ1) is 11.8. The molecule has 24 heavy (non-hydrogen) atoms.